The van der Waals surface area contributed by atoms with Crippen LogP contribution in [0.4, 0.5) is 5.69 Å². The van der Waals surface area contributed by atoms with Crippen molar-refractivity contribution in [1.82, 2.24) is 15.1 Å². The summed E-state index contributed by atoms with van der Waals surface area (Å²) in [5, 5.41) is 14.2. The number of nitro benzene ring substituents is 1. The van der Waals surface area contributed by atoms with Crippen molar-refractivity contribution in [1.29, 1.82) is 0 Å². The topological polar surface area (TPSA) is 95.8 Å². The van der Waals surface area contributed by atoms with E-state index in [9.17, 15) is 19.7 Å². The molecule has 0 saturated carbocycles. The predicted molar refractivity (Wildman–Crippen MR) is 93.8 cm³/mol. The molecule has 0 atom stereocenters. The number of piperazine rings is 1. The van der Waals surface area contributed by atoms with E-state index < -0.39 is 10.8 Å². The zero-order valence-electron chi connectivity index (χ0n) is 14.0. The van der Waals surface area contributed by atoms with Crippen LogP contribution in [0.15, 0.2) is 18.2 Å². The van der Waals surface area contributed by atoms with E-state index in [0.717, 1.165) is 6.42 Å². The third-order valence-electron chi connectivity index (χ3n) is 3.99. The van der Waals surface area contributed by atoms with Crippen LogP contribution >= 0.6 is 11.6 Å². The van der Waals surface area contributed by atoms with Gasteiger partial charge in [-0.05, 0) is 18.6 Å². The molecule has 136 valence electrons. The van der Waals surface area contributed by atoms with Crippen LogP contribution in [0.3, 0.4) is 0 Å². The van der Waals surface area contributed by atoms with Gasteiger partial charge in [0.15, 0.2) is 0 Å². The van der Waals surface area contributed by atoms with E-state index in [1.165, 1.54) is 18.2 Å². The molecule has 25 heavy (non-hydrogen) atoms. The van der Waals surface area contributed by atoms with E-state index in [1.807, 2.05) is 11.8 Å². The molecule has 1 aliphatic heterocycles. The molecule has 0 bridgehead atoms. The first kappa shape index (κ1) is 19.1. The molecule has 1 heterocycles. The SMILES string of the molecule is CCCNC(=O)CN1CCN(C(=O)c2ccc(Cl)cc2[N+](=O)[O-])CC1. The van der Waals surface area contributed by atoms with Gasteiger partial charge in [-0.2, -0.15) is 0 Å². The van der Waals surface area contributed by atoms with Crippen LogP contribution in [0.1, 0.15) is 23.7 Å². The second-order valence-electron chi connectivity index (χ2n) is 5.84. The van der Waals surface area contributed by atoms with Crippen molar-refractivity contribution in [2.24, 2.45) is 0 Å². The fraction of sp³-hybridized carbons (Fsp3) is 0.500. The molecular weight excluding hydrogens is 348 g/mol. The number of rotatable bonds is 6. The number of nitrogens with one attached hydrogen (secondary N) is 1. The number of nitro groups is 1. The summed E-state index contributed by atoms with van der Waals surface area (Å²) in [5.74, 6) is -0.423. The highest BCUT2D eigenvalue weighted by Gasteiger charge is 2.28. The van der Waals surface area contributed by atoms with E-state index in [-0.39, 0.29) is 22.2 Å². The molecular formula is C16H21ClN4O4. The van der Waals surface area contributed by atoms with Crippen molar-refractivity contribution in [3.63, 3.8) is 0 Å². The number of hydrogen-bond donors (Lipinski definition) is 1. The highest BCUT2D eigenvalue weighted by atomic mass is 35.5. The van der Waals surface area contributed by atoms with E-state index in [1.54, 1.807) is 4.90 Å². The van der Waals surface area contributed by atoms with Crippen LogP contribution < -0.4 is 5.32 Å². The summed E-state index contributed by atoms with van der Waals surface area (Å²) >= 11 is 5.78. The lowest BCUT2D eigenvalue weighted by Gasteiger charge is -2.34. The van der Waals surface area contributed by atoms with E-state index >= 15 is 0 Å². The Morgan fingerprint density at radius 1 is 1.28 bits per heavy atom. The molecule has 0 aromatic heterocycles. The molecule has 8 nitrogen and oxygen atoms in total. The first-order valence-corrected chi connectivity index (χ1v) is 8.52. The van der Waals surface area contributed by atoms with Crippen molar-refractivity contribution >= 4 is 29.1 Å². The minimum absolute atomic E-state index is 0.0311. The number of hydrogen-bond acceptors (Lipinski definition) is 5. The fourth-order valence-electron chi connectivity index (χ4n) is 2.64. The van der Waals surface area contributed by atoms with Crippen LogP contribution in [-0.4, -0.2) is 65.8 Å². The zero-order valence-corrected chi connectivity index (χ0v) is 14.8. The number of nitrogens with zero attached hydrogens (tertiary/aromatic N) is 3. The first-order valence-electron chi connectivity index (χ1n) is 8.14. The highest BCUT2D eigenvalue weighted by molar-refractivity contribution is 6.31. The Morgan fingerprint density at radius 3 is 2.56 bits per heavy atom. The number of carbonyl (C=O) groups is 2. The summed E-state index contributed by atoms with van der Waals surface area (Å²) < 4.78 is 0. The zero-order chi connectivity index (χ0) is 18.4. The summed E-state index contributed by atoms with van der Waals surface area (Å²) in [6, 6.07) is 4.03. The second kappa shape index (κ2) is 8.77. The van der Waals surface area contributed by atoms with Crippen LogP contribution in [0.5, 0.6) is 0 Å². The maximum absolute atomic E-state index is 12.6. The smallest absolute Gasteiger partial charge is 0.283 e. The molecule has 0 radical (unpaired) electrons. The van der Waals surface area contributed by atoms with Crippen LogP contribution in [0.2, 0.25) is 5.02 Å². The second-order valence-corrected chi connectivity index (χ2v) is 6.27. The van der Waals surface area contributed by atoms with Gasteiger partial charge in [0.2, 0.25) is 5.91 Å². The summed E-state index contributed by atoms with van der Waals surface area (Å²) in [5.41, 5.74) is -0.262. The highest BCUT2D eigenvalue weighted by Crippen LogP contribution is 2.24. The Hall–Kier alpha value is -2.19. The standard InChI is InChI=1S/C16H21ClN4O4/c1-2-5-18-15(22)11-19-6-8-20(9-7-19)16(23)13-4-3-12(17)10-14(13)21(24)25/h3-4,10H,2,5-9,11H2,1H3,(H,18,22). The predicted octanol–water partition coefficient (Wildman–Crippen LogP) is 1.53. The largest absolute Gasteiger partial charge is 0.355 e. The number of amides is 2. The van der Waals surface area contributed by atoms with Gasteiger partial charge in [0.1, 0.15) is 5.56 Å². The molecule has 0 aliphatic carbocycles. The maximum atomic E-state index is 12.6. The molecule has 0 unspecified atom stereocenters. The lowest BCUT2D eigenvalue weighted by atomic mass is 10.1. The summed E-state index contributed by atoms with van der Waals surface area (Å²) in [4.78, 5) is 38.4. The van der Waals surface area contributed by atoms with Crippen LogP contribution in [0.25, 0.3) is 0 Å². The van der Waals surface area contributed by atoms with Crippen molar-refractivity contribution in [3.8, 4) is 0 Å². The van der Waals surface area contributed by atoms with Gasteiger partial charge in [-0.25, -0.2) is 0 Å². The molecule has 1 fully saturated rings. The van der Waals surface area contributed by atoms with Gasteiger partial charge in [0.05, 0.1) is 11.5 Å². The molecule has 2 amide bonds. The van der Waals surface area contributed by atoms with Gasteiger partial charge in [0.25, 0.3) is 11.6 Å². The van der Waals surface area contributed by atoms with Crippen LogP contribution in [0, 0.1) is 10.1 Å². The number of carbonyl (C=O) groups excluding carboxylic acids is 2. The Labute approximate surface area is 150 Å². The van der Waals surface area contributed by atoms with Crippen molar-refractivity contribution in [2.75, 3.05) is 39.3 Å². The molecule has 0 spiro atoms. The molecule has 1 aromatic rings. The van der Waals surface area contributed by atoms with Gasteiger partial charge in [-0.1, -0.05) is 18.5 Å². The monoisotopic (exact) mass is 368 g/mol. The summed E-state index contributed by atoms with van der Waals surface area (Å²) in [6.45, 7) is 4.86. The minimum Gasteiger partial charge on any atom is -0.355 e. The maximum Gasteiger partial charge on any atom is 0.283 e. The van der Waals surface area contributed by atoms with Gasteiger partial charge < -0.3 is 10.2 Å². The Balaban J connectivity index is 1.96. The minimum atomic E-state index is -0.604. The molecule has 2 rings (SSSR count). The van der Waals surface area contributed by atoms with Crippen LogP contribution in [-0.2, 0) is 4.79 Å². The molecule has 1 saturated heterocycles. The molecule has 1 N–H and O–H groups in total. The van der Waals surface area contributed by atoms with Gasteiger partial charge in [-0.15, -0.1) is 0 Å². The Bertz CT molecular complexity index is 660. The lowest BCUT2D eigenvalue weighted by molar-refractivity contribution is -0.385. The molecule has 1 aliphatic rings. The molecule has 9 heteroatoms. The lowest BCUT2D eigenvalue weighted by Crippen LogP contribution is -2.51. The summed E-state index contributed by atoms with van der Waals surface area (Å²) in [7, 11) is 0. The summed E-state index contributed by atoms with van der Waals surface area (Å²) in [6.07, 6.45) is 0.883. The number of halogens is 1. The normalized spacial score (nSPS) is 15.0. The Kier molecular flexibility index (Phi) is 6.72. The van der Waals surface area contributed by atoms with Gasteiger partial charge in [-0.3, -0.25) is 24.6 Å². The third kappa shape index (κ3) is 5.14. The number of benzene rings is 1. The average molecular weight is 369 g/mol. The molecule has 1 aromatic carbocycles. The van der Waals surface area contributed by atoms with Gasteiger partial charge >= 0.3 is 0 Å². The quantitative estimate of drug-likeness (QED) is 0.606. The third-order valence-corrected chi connectivity index (χ3v) is 4.22. The fourth-order valence-corrected chi connectivity index (χ4v) is 2.81. The first-order chi connectivity index (χ1) is 11.9. The van der Waals surface area contributed by atoms with Crippen molar-refractivity contribution in [3.05, 3.63) is 38.9 Å². The van der Waals surface area contributed by atoms with Gasteiger partial charge in [0, 0.05) is 43.8 Å². The van der Waals surface area contributed by atoms with E-state index in [4.69, 9.17) is 11.6 Å². The van der Waals surface area contributed by atoms with Crippen molar-refractivity contribution in [2.45, 2.75) is 13.3 Å². The van der Waals surface area contributed by atoms with E-state index in [2.05, 4.69) is 5.32 Å². The van der Waals surface area contributed by atoms with E-state index in [0.29, 0.717) is 39.3 Å². The van der Waals surface area contributed by atoms with Crippen molar-refractivity contribution < 1.29 is 14.5 Å². The Morgan fingerprint density at radius 2 is 1.96 bits per heavy atom. The average Bonchev–Trinajstić information content (AvgIpc) is 2.60.